The van der Waals surface area contributed by atoms with Crippen molar-refractivity contribution in [2.24, 2.45) is 0 Å². The van der Waals surface area contributed by atoms with Gasteiger partial charge >= 0.3 is 0 Å². The number of amides is 2. The average Bonchev–Trinajstić information content (AvgIpc) is 3.15. The molecule has 0 radical (unpaired) electrons. The van der Waals surface area contributed by atoms with Gasteiger partial charge < -0.3 is 10.6 Å². The molecule has 2 aromatic carbocycles. The molecule has 1 unspecified atom stereocenters. The molecule has 3 aromatic rings. The normalized spacial score (nSPS) is 11.6. The molecule has 0 saturated carbocycles. The molecule has 1 aromatic heterocycles. The zero-order valence-corrected chi connectivity index (χ0v) is 16.6. The molecule has 0 spiro atoms. The summed E-state index contributed by atoms with van der Waals surface area (Å²) in [7, 11) is 0. The molecule has 2 amide bonds. The van der Waals surface area contributed by atoms with Crippen LogP contribution >= 0.6 is 23.1 Å². The summed E-state index contributed by atoms with van der Waals surface area (Å²) >= 11 is 2.81. The van der Waals surface area contributed by atoms with Crippen LogP contribution in [0, 0.1) is 6.92 Å². The third-order valence-corrected chi connectivity index (χ3v) is 5.50. The van der Waals surface area contributed by atoms with Crippen molar-refractivity contribution in [1.29, 1.82) is 0 Å². The molecule has 0 aliphatic rings. The Morgan fingerprint density at radius 1 is 1.11 bits per heavy atom. The van der Waals surface area contributed by atoms with Crippen molar-refractivity contribution in [2.75, 3.05) is 10.6 Å². The maximum atomic E-state index is 12.4. The third-order valence-electron chi connectivity index (χ3n) is 3.72. The molecule has 7 heteroatoms. The fourth-order valence-electron chi connectivity index (χ4n) is 2.39. The van der Waals surface area contributed by atoms with E-state index in [9.17, 15) is 9.59 Å². The molecule has 3 rings (SSSR count). The molecule has 0 aliphatic carbocycles. The predicted molar refractivity (Wildman–Crippen MR) is 112 cm³/mol. The van der Waals surface area contributed by atoms with Crippen LogP contribution < -0.4 is 10.6 Å². The largest absolute Gasteiger partial charge is 0.322 e. The highest BCUT2D eigenvalue weighted by molar-refractivity contribution is 8.00. The zero-order chi connectivity index (χ0) is 19.2. The quantitative estimate of drug-likeness (QED) is 0.585. The van der Waals surface area contributed by atoms with Crippen LogP contribution in [0.3, 0.4) is 0 Å². The van der Waals surface area contributed by atoms with Crippen molar-refractivity contribution in [3.05, 3.63) is 71.2 Å². The molecule has 27 heavy (non-hydrogen) atoms. The van der Waals surface area contributed by atoms with Crippen molar-refractivity contribution in [2.45, 2.75) is 24.0 Å². The number of rotatable bonds is 6. The van der Waals surface area contributed by atoms with E-state index in [0.29, 0.717) is 16.4 Å². The van der Waals surface area contributed by atoms with Crippen molar-refractivity contribution in [1.82, 2.24) is 4.98 Å². The number of carbonyl (C=O) groups is 2. The number of carbonyl (C=O) groups excluding carboxylic acids is 2. The second kappa shape index (κ2) is 8.83. The first-order valence-corrected chi connectivity index (χ1v) is 10.1. The number of thioether (sulfide) groups is 1. The van der Waals surface area contributed by atoms with Gasteiger partial charge in [0.25, 0.3) is 5.91 Å². The fourth-order valence-corrected chi connectivity index (χ4v) is 3.84. The van der Waals surface area contributed by atoms with E-state index in [-0.39, 0.29) is 17.1 Å². The Morgan fingerprint density at radius 3 is 2.67 bits per heavy atom. The SMILES string of the molecule is Cc1cccc(C(=O)Nc2cccc(SC(C)C(=O)Nc3nccs3)c2)c1. The third kappa shape index (κ3) is 5.42. The Kier molecular flexibility index (Phi) is 6.26. The molecule has 0 fully saturated rings. The van der Waals surface area contributed by atoms with Gasteiger partial charge in [-0.05, 0) is 44.2 Å². The van der Waals surface area contributed by atoms with Crippen LogP contribution in [0.4, 0.5) is 10.8 Å². The van der Waals surface area contributed by atoms with Gasteiger partial charge in [-0.15, -0.1) is 23.1 Å². The van der Waals surface area contributed by atoms with Crippen molar-refractivity contribution in [3.8, 4) is 0 Å². The summed E-state index contributed by atoms with van der Waals surface area (Å²) in [6.07, 6.45) is 1.65. The molecule has 1 atom stereocenters. The molecule has 138 valence electrons. The highest BCUT2D eigenvalue weighted by Crippen LogP contribution is 2.27. The first-order valence-electron chi connectivity index (χ1n) is 8.36. The number of thiazole rings is 1. The topological polar surface area (TPSA) is 71.1 Å². The smallest absolute Gasteiger partial charge is 0.255 e. The van der Waals surface area contributed by atoms with E-state index in [1.54, 1.807) is 12.3 Å². The van der Waals surface area contributed by atoms with Crippen LogP contribution in [-0.2, 0) is 4.79 Å². The van der Waals surface area contributed by atoms with E-state index in [4.69, 9.17) is 0 Å². The number of nitrogens with zero attached hydrogens (tertiary/aromatic N) is 1. The fraction of sp³-hybridized carbons (Fsp3) is 0.150. The average molecular weight is 398 g/mol. The molecular formula is C20H19N3O2S2. The highest BCUT2D eigenvalue weighted by atomic mass is 32.2. The maximum absolute atomic E-state index is 12.4. The first kappa shape index (κ1) is 19.1. The Morgan fingerprint density at radius 2 is 1.93 bits per heavy atom. The number of nitrogens with one attached hydrogen (secondary N) is 2. The van der Waals surface area contributed by atoms with Crippen LogP contribution in [0.5, 0.6) is 0 Å². The van der Waals surface area contributed by atoms with Crippen LogP contribution in [0.25, 0.3) is 0 Å². The molecule has 0 saturated heterocycles. The number of aromatic nitrogens is 1. The van der Waals surface area contributed by atoms with E-state index >= 15 is 0 Å². The summed E-state index contributed by atoms with van der Waals surface area (Å²) in [5, 5.41) is 7.80. The summed E-state index contributed by atoms with van der Waals surface area (Å²) < 4.78 is 0. The van der Waals surface area contributed by atoms with Gasteiger partial charge in [0.2, 0.25) is 5.91 Å². The molecule has 1 heterocycles. The van der Waals surface area contributed by atoms with Crippen LogP contribution in [0.2, 0.25) is 0 Å². The van der Waals surface area contributed by atoms with Crippen molar-refractivity contribution >= 4 is 45.7 Å². The van der Waals surface area contributed by atoms with E-state index in [0.717, 1.165) is 10.5 Å². The number of hydrogen-bond donors (Lipinski definition) is 2. The zero-order valence-electron chi connectivity index (χ0n) is 14.9. The lowest BCUT2D eigenvalue weighted by atomic mass is 10.1. The minimum Gasteiger partial charge on any atom is -0.322 e. The molecule has 0 bridgehead atoms. The summed E-state index contributed by atoms with van der Waals surface area (Å²) in [4.78, 5) is 29.6. The summed E-state index contributed by atoms with van der Waals surface area (Å²) in [6, 6.07) is 14.9. The van der Waals surface area contributed by atoms with E-state index in [2.05, 4.69) is 15.6 Å². The summed E-state index contributed by atoms with van der Waals surface area (Å²) in [6.45, 7) is 3.79. The van der Waals surface area contributed by atoms with Crippen molar-refractivity contribution < 1.29 is 9.59 Å². The standard InChI is InChI=1S/C20H19N3O2S2/c1-13-5-3-6-15(11-13)19(25)22-16-7-4-8-17(12-16)27-14(2)18(24)23-20-21-9-10-26-20/h3-12,14H,1-2H3,(H,22,25)(H,21,23,24). The number of anilines is 2. The lowest BCUT2D eigenvalue weighted by Crippen LogP contribution is -2.22. The van der Waals surface area contributed by atoms with Gasteiger partial charge in [-0.25, -0.2) is 4.98 Å². The summed E-state index contributed by atoms with van der Waals surface area (Å²) in [5.41, 5.74) is 2.34. The highest BCUT2D eigenvalue weighted by Gasteiger charge is 2.16. The second-order valence-electron chi connectivity index (χ2n) is 5.94. The monoisotopic (exact) mass is 397 g/mol. The van der Waals surface area contributed by atoms with Crippen molar-refractivity contribution in [3.63, 3.8) is 0 Å². The van der Waals surface area contributed by atoms with Gasteiger partial charge in [-0.3, -0.25) is 9.59 Å². The van der Waals surface area contributed by atoms with Crippen LogP contribution in [0.1, 0.15) is 22.8 Å². The number of benzene rings is 2. The van der Waals surface area contributed by atoms with Crippen LogP contribution in [0.15, 0.2) is 65.0 Å². The minimum absolute atomic E-state index is 0.107. The van der Waals surface area contributed by atoms with Crippen LogP contribution in [-0.4, -0.2) is 22.0 Å². The van der Waals surface area contributed by atoms with Gasteiger partial charge in [0.15, 0.2) is 5.13 Å². The Balaban J connectivity index is 1.63. The lowest BCUT2D eigenvalue weighted by molar-refractivity contribution is -0.115. The van der Waals surface area contributed by atoms with Gasteiger partial charge in [-0.1, -0.05) is 23.8 Å². The van der Waals surface area contributed by atoms with E-state index in [1.165, 1.54) is 23.1 Å². The van der Waals surface area contributed by atoms with E-state index in [1.807, 2.05) is 61.7 Å². The van der Waals surface area contributed by atoms with Gasteiger partial charge in [0, 0.05) is 27.7 Å². The molecule has 5 nitrogen and oxygen atoms in total. The van der Waals surface area contributed by atoms with Gasteiger partial charge in [0.1, 0.15) is 0 Å². The number of hydrogen-bond acceptors (Lipinski definition) is 5. The van der Waals surface area contributed by atoms with Gasteiger partial charge in [0.05, 0.1) is 5.25 Å². The molecular weight excluding hydrogens is 378 g/mol. The first-order chi connectivity index (χ1) is 13.0. The Labute approximate surface area is 166 Å². The molecule has 2 N–H and O–H groups in total. The van der Waals surface area contributed by atoms with E-state index < -0.39 is 0 Å². The minimum atomic E-state index is -0.295. The Hall–Kier alpha value is -2.64. The number of aryl methyl sites for hydroxylation is 1. The second-order valence-corrected chi connectivity index (χ2v) is 8.25. The maximum Gasteiger partial charge on any atom is 0.255 e. The van der Waals surface area contributed by atoms with Gasteiger partial charge in [-0.2, -0.15) is 0 Å². The molecule has 0 aliphatic heterocycles. The Bertz CT molecular complexity index is 942. The summed E-state index contributed by atoms with van der Waals surface area (Å²) in [5.74, 6) is -0.264. The predicted octanol–water partition coefficient (Wildman–Crippen LogP) is 4.82. The lowest BCUT2D eigenvalue weighted by Gasteiger charge is -2.12.